The minimum absolute atomic E-state index is 0.0373. The van der Waals surface area contributed by atoms with Gasteiger partial charge in [0.2, 0.25) is 11.7 Å². The fraction of sp³-hybridized carbons (Fsp3) is 0.857. The molecule has 0 saturated heterocycles. The summed E-state index contributed by atoms with van der Waals surface area (Å²) in [5, 5.41) is 4.10. The first-order valence-electron chi connectivity index (χ1n) is 7.45. The average Bonchev–Trinajstić information content (AvgIpc) is 2.88. The van der Waals surface area contributed by atoms with Gasteiger partial charge in [-0.3, -0.25) is 0 Å². The van der Waals surface area contributed by atoms with Crippen molar-refractivity contribution in [1.82, 2.24) is 10.1 Å². The van der Waals surface area contributed by atoms with Crippen molar-refractivity contribution in [2.75, 3.05) is 6.61 Å². The summed E-state index contributed by atoms with van der Waals surface area (Å²) in [4.78, 5) is 4.55. The Kier molecular flexibility index (Phi) is 5.34. The van der Waals surface area contributed by atoms with Crippen LogP contribution < -0.4 is 5.73 Å². The monoisotopic (exact) mass is 267 g/mol. The van der Waals surface area contributed by atoms with Crippen molar-refractivity contribution in [3.05, 3.63) is 11.7 Å². The Bertz CT molecular complexity index is 355. The molecule has 1 aromatic heterocycles. The van der Waals surface area contributed by atoms with Crippen LogP contribution in [0.25, 0.3) is 0 Å². The molecule has 5 heteroatoms. The molecular weight excluding hydrogens is 242 g/mol. The van der Waals surface area contributed by atoms with Crippen molar-refractivity contribution in [3.8, 4) is 0 Å². The number of aromatic nitrogens is 2. The Morgan fingerprint density at radius 3 is 2.95 bits per heavy atom. The van der Waals surface area contributed by atoms with Crippen molar-refractivity contribution in [2.45, 2.75) is 70.4 Å². The number of rotatable bonds is 6. The molecule has 1 heterocycles. The predicted octanol–water partition coefficient (Wildman–Crippen LogP) is 2.93. The molecule has 0 radical (unpaired) electrons. The zero-order valence-electron chi connectivity index (χ0n) is 12.0. The summed E-state index contributed by atoms with van der Waals surface area (Å²) < 4.78 is 11.1. The molecule has 0 spiro atoms. The van der Waals surface area contributed by atoms with Gasteiger partial charge in [0.1, 0.15) is 6.10 Å². The van der Waals surface area contributed by atoms with Crippen LogP contribution in [0.2, 0.25) is 0 Å². The number of nitrogens with zero attached hydrogens (tertiary/aromatic N) is 2. The van der Waals surface area contributed by atoms with E-state index < -0.39 is 0 Å². The van der Waals surface area contributed by atoms with E-state index in [0.29, 0.717) is 18.3 Å². The van der Waals surface area contributed by atoms with Crippen LogP contribution in [0.5, 0.6) is 0 Å². The van der Waals surface area contributed by atoms with Gasteiger partial charge in [0.05, 0.1) is 0 Å². The first-order chi connectivity index (χ1) is 9.24. The smallest absolute Gasteiger partial charge is 0.229 e. The summed E-state index contributed by atoms with van der Waals surface area (Å²) in [6.07, 6.45) is 6.24. The highest BCUT2D eigenvalue weighted by molar-refractivity contribution is 4.99. The molecule has 0 amide bonds. The van der Waals surface area contributed by atoms with Crippen LogP contribution in [-0.2, 0) is 4.74 Å². The summed E-state index contributed by atoms with van der Waals surface area (Å²) in [6, 6.07) is 0.271. The fourth-order valence-electron chi connectivity index (χ4n) is 2.75. The summed E-state index contributed by atoms with van der Waals surface area (Å²) in [7, 11) is 0. The van der Waals surface area contributed by atoms with Crippen LogP contribution in [0.15, 0.2) is 4.52 Å². The quantitative estimate of drug-likeness (QED) is 0.857. The normalized spacial score (nSPS) is 25.4. The highest BCUT2D eigenvalue weighted by Gasteiger charge is 2.27. The highest BCUT2D eigenvalue weighted by Crippen LogP contribution is 2.32. The van der Waals surface area contributed by atoms with Gasteiger partial charge in [-0.2, -0.15) is 4.98 Å². The van der Waals surface area contributed by atoms with E-state index >= 15 is 0 Å². The third-order valence-corrected chi connectivity index (χ3v) is 3.73. The second-order valence-electron chi connectivity index (χ2n) is 5.35. The van der Waals surface area contributed by atoms with E-state index in [1.807, 2.05) is 6.92 Å². The van der Waals surface area contributed by atoms with E-state index in [4.69, 9.17) is 15.0 Å². The molecule has 1 aliphatic rings. The second kappa shape index (κ2) is 7.01. The second-order valence-corrected chi connectivity index (χ2v) is 5.35. The summed E-state index contributed by atoms with van der Waals surface area (Å²) in [6.45, 7) is 4.79. The van der Waals surface area contributed by atoms with E-state index in [9.17, 15) is 0 Å². The lowest BCUT2D eigenvalue weighted by molar-refractivity contribution is 0.0477. The van der Waals surface area contributed by atoms with Crippen molar-refractivity contribution < 1.29 is 9.26 Å². The number of nitrogens with two attached hydrogens (primary N) is 1. The van der Waals surface area contributed by atoms with Crippen LogP contribution in [0, 0.1) is 0 Å². The van der Waals surface area contributed by atoms with Gasteiger partial charge >= 0.3 is 0 Å². The largest absolute Gasteiger partial charge is 0.370 e. The van der Waals surface area contributed by atoms with E-state index in [2.05, 4.69) is 17.1 Å². The summed E-state index contributed by atoms with van der Waals surface area (Å²) in [5.41, 5.74) is 6.01. The molecule has 2 N–H and O–H groups in total. The van der Waals surface area contributed by atoms with Gasteiger partial charge in [0.25, 0.3) is 0 Å². The van der Waals surface area contributed by atoms with Gasteiger partial charge in [-0.25, -0.2) is 0 Å². The first kappa shape index (κ1) is 14.5. The molecule has 1 aromatic rings. The molecule has 1 saturated carbocycles. The third-order valence-electron chi connectivity index (χ3n) is 3.73. The van der Waals surface area contributed by atoms with Crippen molar-refractivity contribution in [1.29, 1.82) is 0 Å². The van der Waals surface area contributed by atoms with E-state index in [1.165, 1.54) is 0 Å². The Hall–Kier alpha value is -0.940. The maximum atomic E-state index is 6.01. The van der Waals surface area contributed by atoms with Crippen LogP contribution in [0.4, 0.5) is 0 Å². The van der Waals surface area contributed by atoms with Crippen LogP contribution >= 0.6 is 0 Å². The Morgan fingerprint density at radius 2 is 2.26 bits per heavy atom. The Morgan fingerprint density at radius 1 is 1.42 bits per heavy atom. The van der Waals surface area contributed by atoms with E-state index in [-0.39, 0.29) is 12.1 Å². The maximum absolute atomic E-state index is 6.01. The molecule has 108 valence electrons. The topological polar surface area (TPSA) is 74.2 Å². The molecule has 1 aliphatic carbocycles. The zero-order chi connectivity index (χ0) is 13.7. The standard InChI is InChI=1S/C14H25N3O2/c1-3-6-12(18-4-2)13-16-14(19-17-13)10-7-5-8-11(15)9-10/h10-12H,3-9,15H2,1-2H3. The number of ether oxygens (including phenoxy) is 1. The zero-order valence-corrected chi connectivity index (χ0v) is 12.0. The molecule has 3 atom stereocenters. The van der Waals surface area contributed by atoms with Gasteiger partial charge in [0.15, 0.2) is 0 Å². The average molecular weight is 267 g/mol. The van der Waals surface area contributed by atoms with Gasteiger partial charge in [-0.15, -0.1) is 0 Å². The van der Waals surface area contributed by atoms with Crippen LogP contribution in [0.1, 0.15) is 76.1 Å². The van der Waals surface area contributed by atoms with Crippen molar-refractivity contribution >= 4 is 0 Å². The first-order valence-corrected chi connectivity index (χ1v) is 7.45. The molecule has 19 heavy (non-hydrogen) atoms. The SMILES string of the molecule is CCCC(OCC)c1noc(C2CCCC(N)C2)n1. The lowest BCUT2D eigenvalue weighted by atomic mass is 9.86. The van der Waals surface area contributed by atoms with Gasteiger partial charge in [-0.1, -0.05) is 24.9 Å². The highest BCUT2D eigenvalue weighted by atomic mass is 16.5. The van der Waals surface area contributed by atoms with E-state index in [0.717, 1.165) is 44.4 Å². The van der Waals surface area contributed by atoms with Crippen LogP contribution in [0.3, 0.4) is 0 Å². The molecule has 2 rings (SSSR count). The third kappa shape index (κ3) is 3.76. The Balaban J connectivity index is 2.04. The van der Waals surface area contributed by atoms with Crippen molar-refractivity contribution in [3.63, 3.8) is 0 Å². The minimum Gasteiger partial charge on any atom is -0.370 e. The Labute approximate surface area is 114 Å². The fourth-order valence-corrected chi connectivity index (χ4v) is 2.75. The van der Waals surface area contributed by atoms with E-state index in [1.54, 1.807) is 0 Å². The summed E-state index contributed by atoms with van der Waals surface area (Å²) >= 11 is 0. The van der Waals surface area contributed by atoms with Gasteiger partial charge in [-0.05, 0) is 32.6 Å². The minimum atomic E-state index is -0.0373. The van der Waals surface area contributed by atoms with Crippen molar-refractivity contribution in [2.24, 2.45) is 5.73 Å². The maximum Gasteiger partial charge on any atom is 0.229 e. The number of hydrogen-bond acceptors (Lipinski definition) is 5. The lowest BCUT2D eigenvalue weighted by Crippen LogP contribution is -2.27. The van der Waals surface area contributed by atoms with Gasteiger partial charge in [0, 0.05) is 18.6 Å². The molecule has 0 aromatic carbocycles. The van der Waals surface area contributed by atoms with Crippen LogP contribution in [-0.4, -0.2) is 22.8 Å². The van der Waals surface area contributed by atoms with Gasteiger partial charge < -0.3 is 15.0 Å². The summed E-state index contributed by atoms with van der Waals surface area (Å²) in [5.74, 6) is 1.76. The molecule has 0 bridgehead atoms. The lowest BCUT2D eigenvalue weighted by Gasteiger charge is -2.23. The number of hydrogen-bond donors (Lipinski definition) is 1. The predicted molar refractivity (Wildman–Crippen MR) is 72.8 cm³/mol. The molecule has 5 nitrogen and oxygen atoms in total. The molecule has 0 aliphatic heterocycles. The molecular formula is C14H25N3O2. The molecule has 1 fully saturated rings. The molecule has 3 unspecified atom stereocenters.